The number of benzene rings is 2. The summed E-state index contributed by atoms with van der Waals surface area (Å²) in [6.07, 6.45) is -0.680. The summed E-state index contributed by atoms with van der Waals surface area (Å²) in [6.45, 7) is 4.51. The number of thiazole rings is 1. The van der Waals surface area contributed by atoms with Gasteiger partial charge in [-0.1, -0.05) is 57.0 Å². The molecular weight excluding hydrogens is 594 g/mol. The molecule has 0 unspecified atom stereocenters. The van der Waals surface area contributed by atoms with Crippen LogP contribution in [0.3, 0.4) is 0 Å². The maximum Gasteiger partial charge on any atom is 0.407 e. The maximum atomic E-state index is 13.9. The number of aliphatic hydroxyl groups excluding tert-OH is 1. The zero-order valence-electron chi connectivity index (χ0n) is 24.4. The zero-order chi connectivity index (χ0) is 31.6. The molecule has 1 heterocycles. The molecule has 2 aromatic carbocycles. The number of carbonyl (C=O) groups is 3. The molecule has 14 heteroatoms. The van der Waals surface area contributed by atoms with Gasteiger partial charge in [-0.25, -0.2) is 18.2 Å². The van der Waals surface area contributed by atoms with Crippen molar-refractivity contribution >= 4 is 49.5 Å². The number of amides is 3. The largest absolute Gasteiger partial charge is 0.447 e. The number of primary amides is 1. The van der Waals surface area contributed by atoms with E-state index in [1.54, 1.807) is 29.8 Å². The molecule has 3 amide bonds. The molecule has 3 atom stereocenters. The van der Waals surface area contributed by atoms with E-state index < -0.39 is 52.7 Å². The van der Waals surface area contributed by atoms with E-state index >= 15 is 0 Å². The summed E-state index contributed by atoms with van der Waals surface area (Å²) < 4.78 is 35.0. The molecule has 3 rings (SSSR count). The van der Waals surface area contributed by atoms with Crippen molar-refractivity contribution in [2.45, 2.75) is 63.1 Å². The predicted octanol–water partition coefficient (Wildman–Crippen LogP) is 2.41. The van der Waals surface area contributed by atoms with E-state index in [4.69, 9.17) is 10.5 Å². The number of hydrogen-bond donors (Lipinski definition) is 4. The Bertz CT molecular complexity index is 1480. The molecule has 0 fully saturated rings. The highest BCUT2D eigenvalue weighted by Gasteiger charge is 2.33. The van der Waals surface area contributed by atoms with Crippen LogP contribution in [0.4, 0.5) is 4.79 Å². The molecule has 0 saturated heterocycles. The fourth-order valence-electron chi connectivity index (χ4n) is 4.53. The number of nitrogens with one attached hydrogen (secondary N) is 2. The van der Waals surface area contributed by atoms with Gasteiger partial charge in [-0.2, -0.15) is 4.31 Å². The van der Waals surface area contributed by atoms with Gasteiger partial charge in [0.05, 0.1) is 32.8 Å². The molecule has 1 aromatic heterocycles. The first kappa shape index (κ1) is 33.9. The molecule has 43 heavy (non-hydrogen) atoms. The van der Waals surface area contributed by atoms with Gasteiger partial charge < -0.3 is 26.2 Å². The maximum absolute atomic E-state index is 13.9. The van der Waals surface area contributed by atoms with Gasteiger partial charge in [0.15, 0.2) is 0 Å². The Balaban J connectivity index is 1.86. The molecule has 0 spiro atoms. The first-order valence-corrected chi connectivity index (χ1v) is 16.3. The normalized spacial score (nSPS) is 13.9. The number of hydrogen-bond acceptors (Lipinski definition) is 9. The highest BCUT2D eigenvalue weighted by Crippen LogP contribution is 2.26. The second-order valence-corrected chi connectivity index (χ2v) is 13.1. The van der Waals surface area contributed by atoms with Gasteiger partial charge in [-0.05, 0) is 36.1 Å². The minimum atomic E-state index is -4.04. The number of carbonyl (C=O) groups excluding carboxylic acids is 3. The van der Waals surface area contributed by atoms with Crippen molar-refractivity contribution in [3.05, 3.63) is 59.6 Å². The smallest absolute Gasteiger partial charge is 0.407 e. The van der Waals surface area contributed by atoms with Crippen molar-refractivity contribution < 1.29 is 32.6 Å². The Morgan fingerprint density at radius 2 is 1.77 bits per heavy atom. The Labute approximate surface area is 255 Å². The Hall–Kier alpha value is -3.59. The van der Waals surface area contributed by atoms with E-state index in [9.17, 15) is 27.9 Å². The van der Waals surface area contributed by atoms with Gasteiger partial charge in [-0.3, -0.25) is 9.59 Å². The number of aliphatic hydroxyl groups is 1. The molecule has 0 aliphatic heterocycles. The molecule has 3 aromatic rings. The lowest BCUT2D eigenvalue weighted by atomic mass is 10.0. The van der Waals surface area contributed by atoms with E-state index in [1.807, 2.05) is 32.0 Å². The van der Waals surface area contributed by atoms with Crippen LogP contribution in [0.5, 0.6) is 0 Å². The molecule has 0 aliphatic rings. The van der Waals surface area contributed by atoms with Gasteiger partial charge in [0.25, 0.3) is 0 Å². The fourth-order valence-corrected chi connectivity index (χ4v) is 6.88. The molecule has 0 radical (unpaired) electrons. The van der Waals surface area contributed by atoms with Crippen LogP contribution >= 0.6 is 11.3 Å². The van der Waals surface area contributed by atoms with E-state index in [0.29, 0.717) is 5.52 Å². The van der Waals surface area contributed by atoms with Crippen LogP contribution in [0.1, 0.15) is 39.2 Å². The van der Waals surface area contributed by atoms with Crippen molar-refractivity contribution in [1.82, 2.24) is 19.9 Å². The average Bonchev–Trinajstić information content (AvgIpc) is 3.45. The number of fused-ring (bicyclic) bond motifs is 1. The minimum Gasteiger partial charge on any atom is -0.447 e. The number of sulfonamides is 1. The van der Waals surface area contributed by atoms with Crippen molar-refractivity contribution in [3.63, 3.8) is 0 Å². The van der Waals surface area contributed by atoms with Crippen molar-refractivity contribution in [2.24, 2.45) is 11.7 Å². The second kappa shape index (κ2) is 15.8. The van der Waals surface area contributed by atoms with E-state index in [0.717, 1.165) is 23.1 Å². The van der Waals surface area contributed by atoms with Crippen molar-refractivity contribution in [2.75, 3.05) is 19.7 Å². The Morgan fingerprint density at radius 1 is 1.07 bits per heavy atom. The lowest BCUT2D eigenvalue weighted by Crippen LogP contribution is -2.52. The number of nitrogens with two attached hydrogens (primary N) is 1. The van der Waals surface area contributed by atoms with E-state index in [2.05, 4.69) is 15.6 Å². The molecule has 234 valence electrons. The lowest BCUT2D eigenvalue weighted by Gasteiger charge is -2.31. The summed E-state index contributed by atoms with van der Waals surface area (Å²) in [5.41, 5.74) is 8.40. The van der Waals surface area contributed by atoms with Crippen LogP contribution in [0, 0.1) is 5.92 Å². The number of nitrogens with zero attached hydrogens (tertiary/aromatic N) is 2. The summed E-state index contributed by atoms with van der Waals surface area (Å²) in [5.74, 6) is -1.37. The molecule has 12 nitrogen and oxygen atoms in total. The average molecular weight is 634 g/mol. The van der Waals surface area contributed by atoms with Crippen molar-refractivity contribution in [3.8, 4) is 0 Å². The number of alkyl carbamates (subject to hydrolysis) is 1. The summed E-state index contributed by atoms with van der Waals surface area (Å²) in [7, 11) is -4.04. The minimum absolute atomic E-state index is 0.0408. The van der Waals surface area contributed by atoms with Crippen LogP contribution in [0.2, 0.25) is 0 Å². The molecular formula is C29H39N5O7S2. The monoisotopic (exact) mass is 633 g/mol. The SMILES string of the molecule is CCC(CC)CN(C[C@@H](O)[C@H](Cc1ccccc1)NC(=O)OC[C@H](NC(C)=O)C(N)=O)S(=O)(=O)c1ccc2ncsc2c1. The molecule has 0 bridgehead atoms. The van der Waals surface area contributed by atoms with Crippen LogP contribution in [0.15, 0.2) is 58.9 Å². The standard InChI is InChI=1S/C29H39N5O7S2/c1-4-20(5-2)15-34(43(39,40)22-11-12-23-27(14-22)42-18-31-23)16-26(36)24(13-21-9-7-6-8-10-21)33-29(38)41-17-25(28(30)37)32-19(3)35/h6-12,14,18,20,24-26,36H,4-5,13,15-17H2,1-3H3,(H2,30,37)(H,32,35)(H,33,38)/t24-,25-,26+/m0/s1. The van der Waals surface area contributed by atoms with Gasteiger partial charge in [0.1, 0.15) is 12.6 Å². The number of ether oxygens (including phenoxy) is 1. The van der Waals surface area contributed by atoms with Gasteiger partial charge in [0, 0.05) is 20.0 Å². The summed E-state index contributed by atoms with van der Waals surface area (Å²) in [4.78, 5) is 40.1. The molecule has 0 aliphatic carbocycles. The van der Waals surface area contributed by atoms with Gasteiger partial charge in [0.2, 0.25) is 21.8 Å². The summed E-state index contributed by atoms with van der Waals surface area (Å²) >= 11 is 1.33. The van der Waals surface area contributed by atoms with Crippen LogP contribution in [-0.4, -0.2) is 78.6 Å². The third kappa shape index (κ3) is 9.71. The predicted molar refractivity (Wildman–Crippen MR) is 164 cm³/mol. The lowest BCUT2D eigenvalue weighted by molar-refractivity contribution is -0.127. The van der Waals surface area contributed by atoms with Crippen LogP contribution in [0.25, 0.3) is 10.2 Å². The Kier molecular flexibility index (Phi) is 12.4. The topological polar surface area (TPSA) is 181 Å². The molecule has 0 saturated carbocycles. The second-order valence-electron chi connectivity index (χ2n) is 10.2. The van der Waals surface area contributed by atoms with Gasteiger partial charge in [-0.15, -0.1) is 11.3 Å². The van der Waals surface area contributed by atoms with Crippen molar-refractivity contribution in [1.29, 1.82) is 0 Å². The first-order chi connectivity index (χ1) is 20.4. The van der Waals surface area contributed by atoms with E-state index in [1.165, 1.54) is 28.6 Å². The zero-order valence-corrected chi connectivity index (χ0v) is 26.1. The van der Waals surface area contributed by atoms with Crippen LogP contribution < -0.4 is 16.4 Å². The quantitative estimate of drug-likeness (QED) is 0.186. The number of rotatable bonds is 16. The van der Waals surface area contributed by atoms with E-state index in [-0.39, 0.29) is 30.3 Å². The summed E-state index contributed by atoms with van der Waals surface area (Å²) in [5, 5.41) is 16.4. The Morgan fingerprint density at radius 3 is 2.40 bits per heavy atom. The molecule has 5 N–H and O–H groups in total. The third-order valence-corrected chi connectivity index (χ3v) is 9.74. The fraction of sp³-hybridized carbons (Fsp3) is 0.448. The number of aromatic nitrogens is 1. The first-order valence-electron chi connectivity index (χ1n) is 14.0. The summed E-state index contributed by atoms with van der Waals surface area (Å²) in [6, 6.07) is 11.6. The third-order valence-electron chi connectivity index (χ3n) is 7.12. The van der Waals surface area contributed by atoms with Gasteiger partial charge >= 0.3 is 6.09 Å². The highest BCUT2D eigenvalue weighted by atomic mass is 32.2. The highest BCUT2D eigenvalue weighted by molar-refractivity contribution is 7.89. The van der Waals surface area contributed by atoms with Crippen LogP contribution in [-0.2, 0) is 30.8 Å².